The molecule has 2 aromatic heterocycles. The molecule has 2 saturated carbocycles. The Morgan fingerprint density at radius 1 is 1.05 bits per heavy atom. The van der Waals surface area contributed by atoms with Crippen molar-refractivity contribution in [3.05, 3.63) is 18.3 Å². The van der Waals surface area contributed by atoms with Gasteiger partial charge in [-0.2, -0.15) is 5.10 Å². The second-order valence-corrected chi connectivity index (χ2v) is 12.2. The summed E-state index contributed by atoms with van der Waals surface area (Å²) in [6.07, 6.45) is 14.1. The Morgan fingerprint density at radius 2 is 1.89 bits per heavy atom. The molecular weight excluding hydrogens is 488 g/mol. The molecule has 11 heteroatoms. The molecule has 0 aromatic carbocycles. The molecule has 2 aliphatic heterocycles. The van der Waals surface area contributed by atoms with Gasteiger partial charge in [-0.3, -0.25) is 9.69 Å². The van der Waals surface area contributed by atoms with Gasteiger partial charge in [-0.15, -0.1) is 15.3 Å². The summed E-state index contributed by atoms with van der Waals surface area (Å²) in [7, 11) is 0. The highest BCUT2D eigenvalue weighted by Crippen LogP contribution is 2.49. The number of nitrogens with zero attached hydrogens (tertiary/aromatic N) is 6. The monoisotopic (exact) mass is 526 g/mol. The molecular formula is C26H38N8O2S. The predicted octanol–water partition coefficient (Wildman–Crippen LogP) is 3.55. The van der Waals surface area contributed by atoms with E-state index in [1.165, 1.54) is 62.7 Å². The third-order valence-corrected chi connectivity index (χ3v) is 9.62. The molecule has 1 amide bonds. The van der Waals surface area contributed by atoms with E-state index in [0.717, 1.165) is 43.5 Å². The lowest BCUT2D eigenvalue weighted by Crippen LogP contribution is -2.50. The van der Waals surface area contributed by atoms with E-state index < -0.39 is 0 Å². The van der Waals surface area contributed by atoms with Gasteiger partial charge in [-0.25, -0.2) is 0 Å². The number of carbonyl (C=O) groups excluding carboxylic acids is 1. The quantitative estimate of drug-likeness (QED) is 0.560. The summed E-state index contributed by atoms with van der Waals surface area (Å²) in [5.74, 6) is 0.833. The van der Waals surface area contributed by atoms with Gasteiger partial charge in [0.1, 0.15) is 0 Å². The van der Waals surface area contributed by atoms with Crippen LogP contribution in [0.4, 0.5) is 16.1 Å². The van der Waals surface area contributed by atoms with Gasteiger partial charge in [0.05, 0.1) is 19.1 Å². The van der Waals surface area contributed by atoms with Crippen LogP contribution in [0.2, 0.25) is 0 Å². The first kappa shape index (κ1) is 24.9. The number of aromatic nitrogens is 4. The average Bonchev–Trinajstić information content (AvgIpc) is 3.68. The summed E-state index contributed by atoms with van der Waals surface area (Å²) in [6.45, 7) is 4.28. The molecule has 2 aliphatic carbocycles. The fourth-order valence-corrected chi connectivity index (χ4v) is 7.57. The lowest BCUT2D eigenvalue weighted by molar-refractivity contribution is -0.122. The molecule has 2 aromatic rings. The van der Waals surface area contributed by atoms with Crippen molar-refractivity contribution in [3.8, 4) is 0 Å². The van der Waals surface area contributed by atoms with Crippen LogP contribution in [0.25, 0.3) is 0 Å². The molecule has 4 fully saturated rings. The maximum atomic E-state index is 12.8. The molecule has 0 radical (unpaired) electrons. The number of hydrogen-bond donors (Lipinski definition) is 2. The highest BCUT2D eigenvalue weighted by molar-refractivity contribution is 7.19. The zero-order valence-electron chi connectivity index (χ0n) is 21.5. The van der Waals surface area contributed by atoms with Gasteiger partial charge in [-0.1, -0.05) is 24.2 Å². The van der Waals surface area contributed by atoms with E-state index in [9.17, 15) is 4.79 Å². The van der Waals surface area contributed by atoms with Crippen molar-refractivity contribution in [1.82, 2.24) is 25.3 Å². The van der Waals surface area contributed by atoms with Crippen molar-refractivity contribution < 1.29 is 9.53 Å². The lowest BCUT2D eigenvalue weighted by atomic mass is 9.71. The summed E-state index contributed by atoms with van der Waals surface area (Å²) in [6, 6.07) is 4.78. The second kappa shape index (κ2) is 11.2. The zero-order chi connectivity index (χ0) is 25.1. The normalized spacial score (nSPS) is 26.5. The van der Waals surface area contributed by atoms with Crippen LogP contribution in [-0.4, -0.2) is 82.2 Å². The van der Waals surface area contributed by atoms with E-state index in [2.05, 4.69) is 40.8 Å². The van der Waals surface area contributed by atoms with E-state index in [1.807, 2.05) is 12.1 Å². The Bertz CT molecular complexity index is 1040. The van der Waals surface area contributed by atoms with Gasteiger partial charge >= 0.3 is 0 Å². The summed E-state index contributed by atoms with van der Waals surface area (Å²) in [5.41, 5.74) is 0.658. The molecule has 0 bridgehead atoms. The smallest absolute Gasteiger partial charge is 0.228 e. The Morgan fingerprint density at radius 3 is 2.70 bits per heavy atom. The first-order valence-corrected chi connectivity index (χ1v) is 14.7. The summed E-state index contributed by atoms with van der Waals surface area (Å²) >= 11 is 1.38. The van der Waals surface area contributed by atoms with Gasteiger partial charge in [-0.05, 0) is 62.5 Å². The lowest BCUT2D eigenvalue weighted by Gasteiger charge is -2.44. The number of morpholine rings is 1. The first-order chi connectivity index (χ1) is 18.1. The van der Waals surface area contributed by atoms with Gasteiger partial charge in [0.25, 0.3) is 0 Å². The van der Waals surface area contributed by atoms with Crippen LogP contribution in [-0.2, 0) is 9.53 Å². The molecule has 200 valence electrons. The van der Waals surface area contributed by atoms with E-state index in [4.69, 9.17) is 4.74 Å². The topological polar surface area (TPSA) is 108 Å². The number of hydrogen-bond acceptors (Lipinski definition) is 10. The van der Waals surface area contributed by atoms with Gasteiger partial charge in [0.15, 0.2) is 5.82 Å². The maximum absolute atomic E-state index is 12.8. The Balaban J connectivity index is 0.944. The number of carbonyl (C=O) groups is 1. The van der Waals surface area contributed by atoms with Crippen molar-refractivity contribution in [2.75, 3.05) is 48.3 Å². The minimum absolute atomic E-state index is 0.0576. The number of nitrogens with one attached hydrogen (secondary N) is 2. The molecule has 1 spiro atoms. The Kier molecular flexibility index (Phi) is 7.53. The largest absolute Gasteiger partial charge is 0.375 e. The number of anilines is 3. The molecule has 2 saturated heterocycles. The van der Waals surface area contributed by atoms with Crippen LogP contribution >= 0.6 is 11.3 Å². The van der Waals surface area contributed by atoms with Crippen LogP contribution in [0.1, 0.15) is 64.2 Å². The molecule has 2 atom stereocenters. The molecule has 10 nitrogen and oxygen atoms in total. The Labute approximate surface area is 222 Å². The van der Waals surface area contributed by atoms with Crippen molar-refractivity contribution in [3.63, 3.8) is 0 Å². The molecule has 4 aliphatic rings. The van der Waals surface area contributed by atoms with Gasteiger partial charge < -0.3 is 20.3 Å². The summed E-state index contributed by atoms with van der Waals surface area (Å²) in [5, 5.41) is 24.2. The van der Waals surface area contributed by atoms with Crippen LogP contribution < -0.4 is 15.5 Å². The van der Waals surface area contributed by atoms with Gasteiger partial charge in [0, 0.05) is 44.5 Å². The minimum atomic E-state index is -0.0628. The average molecular weight is 527 g/mol. The van der Waals surface area contributed by atoms with Gasteiger partial charge in [0.2, 0.25) is 16.2 Å². The van der Waals surface area contributed by atoms with Crippen molar-refractivity contribution in [1.29, 1.82) is 0 Å². The maximum Gasteiger partial charge on any atom is 0.228 e. The second-order valence-electron chi connectivity index (χ2n) is 11.2. The third kappa shape index (κ3) is 6.04. The molecule has 6 rings (SSSR count). The van der Waals surface area contributed by atoms with Crippen LogP contribution in [0.5, 0.6) is 0 Å². The van der Waals surface area contributed by atoms with E-state index in [0.29, 0.717) is 29.6 Å². The molecule has 2 N–H and O–H groups in total. The van der Waals surface area contributed by atoms with Crippen molar-refractivity contribution in [2.45, 2.75) is 82.4 Å². The number of amides is 1. The van der Waals surface area contributed by atoms with Crippen LogP contribution in [0, 0.1) is 5.41 Å². The summed E-state index contributed by atoms with van der Waals surface area (Å²) < 4.78 is 5.98. The standard InChI is InChI=1S/C26H38N8O2S/c35-23(16-21-18-33(14-15-36-21)20-5-10-26(11-6-20)8-1-2-9-26)29-25-32-31-24(37-25)28-19-7-13-34(17-19)22-4-3-12-27-30-22/h3-4,12,19-21H,1-2,5-11,13-18H2,(H,28,31)(H,29,32,35)/t19-,21-/m1/s1. The van der Waals surface area contributed by atoms with E-state index >= 15 is 0 Å². The van der Waals surface area contributed by atoms with E-state index in [-0.39, 0.29) is 18.1 Å². The molecule has 37 heavy (non-hydrogen) atoms. The molecule has 4 heterocycles. The van der Waals surface area contributed by atoms with E-state index in [1.54, 1.807) is 6.20 Å². The third-order valence-electron chi connectivity index (χ3n) is 8.85. The fourth-order valence-electron chi connectivity index (χ4n) is 6.83. The number of ether oxygens (including phenoxy) is 1. The van der Waals surface area contributed by atoms with Crippen LogP contribution in [0.15, 0.2) is 18.3 Å². The predicted molar refractivity (Wildman–Crippen MR) is 144 cm³/mol. The summed E-state index contributed by atoms with van der Waals surface area (Å²) in [4.78, 5) is 17.6. The SMILES string of the molecule is O=C(C[C@@H]1CN(C2CCC3(CCCC3)CC2)CCO1)Nc1nnc(N[C@@H]2CCN(c3cccnn3)C2)s1. The highest BCUT2D eigenvalue weighted by atomic mass is 32.1. The van der Waals surface area contributed by atoms with Crippen molar-refractivity contribution >= 4 is 33.3 Å². The Hall–Kier alpha value is -2.37. The molecule has 0 unspecified atom stereocenters. The number of rotatable bonds is 7. The highest BCUT2D eigenvalue weighted by Gasteiger charge is 2.39. The zero-order valence-corrected chi connectivity index (χ0v) is 22.3. The van der Waals surface area contributed by atoms with Crippen LogP contribution in [0.3, 0.4) is 0 Å². The fraction of sp³-hybridized carbons (Fsp3) is 0.731. The first-order valence-electron chi connectivity index (χ1n) is 13.9. The minimum Gasteiger partial charge on any atom is -0.375 e. The van der Waals surface area contributed by atoms with Crippen molar-refractivity contribution in [2.24, 2.45) is 5.41 Å².